The molecule has 5 nitrogen and oxygen atoms in total. The number of fused-ring (bicyclic) bond motifs is 1. The minimum Gasteiger partial charge on any atom is -0.337 e. The molecular formula is C14H23ClN4O. The topological polar surface area (TPSA) is 61.0 Å². The maximum atomic E-state index is 12.6. The summed E-state index contributed by atoms with van der Waals surface area (Å²) in [4.78, 5) is 14.6. The summed E-state index contributed by atoms with van der Waals surface area (Å²) in [5.74, 6) is 0.704. The fraction of sp³-hybridized carbons (Fsp3) is 0.714. The van der Waals surface area contributed by atoms with Crippen LogP contribution >= 0.6 is 12.4 Å². The van der Waals surface area contributed by atoms with Gasteiger partial charge < -0.3 is 10.2 Å². The van der Waals surface area contributed by atoms with Crippen molar-refractivity contribution in [3.63, 3.8) is 0 Å². The molecule has 1 aliphatic carbocycles. The van der Waals surface area contributed by atoms with Gasteiger partial charge in [-0.1, -0.05) is 0 Å². The van der Waals surface area contributed by atoms with Crippen molar-refractivity contribution in [2.75, 3.05) is 26.7 Å². The Bertz CT molecular complexity index is 472. The minimum atomic E-state index is 0. The molecule has 6 heteroatoms. The monoisotopic (exact) mass is 298 g/mol. The number of hydrogen-bond acceptors (Lipinski definition) is 3. The normalized spacial score (nSPS) is 21.4. The highest BCUT2D eigenvalue weighted by molar-refractivity contribution is 5.94. The van der Waals surface area contributed by atoms with Gasteiger partial charge in [-0.15, -0.1) is 12.4 Å². The van der Waals surface area contributed by atoms with Crippen molar-refractivity contribution in [3.05, 3.63) is 17.0 Å². The Morgan fingerprint density at radius 3 is 3.10 bits per heavy atom. The average molecular weight is 299 g/mol. The van der Waals surface area contributed by atoms with Crippen LogP contribution in [0, 0.1) is 5.92 Å². The highest BCUT2D eigenvalue weighted by Gasteiger charge is 2.29. The van der Waals surface area contributed by atoms with Gasteiger partial charge in [0, 0.05) is 24.3 Å². The SMILES string of the molecule is CNCC1CCCN(C(=O)c2n[nH]c3c2CCC3)C1.Cl. The number of likely N-dealkylation sites (tertiary alicyclic amines) is 1. The first-order valence-corrected chi connectivity index (χ1v) is 7.29. The van der Waals surface area contributed by atoms with Crippen LogP contribution in [-0.2, 0) is 12.8 Å². The Hall–Kier alpha value is -1.07. The van der Waals surface area contributed by atoms with Gasteiger partial charge in [-0.2, -0.15) is 5.10 Å². The molecule has 1 unspecified atom stereocenters. The fourth-order valence-corrected chi connectivity index (χ4v) is 3.35. The molecule has 1 aromatic rings. The third kappa shape index (κ3) is 2.83. The van der Waals surface area contributed by atoms with Crippen molar-refractivity contribution in [2.24, 2.45) is 5.92 Å². The third-order valence-electron chi connectivity index (χ3n) is 4.31. The van der Waals surface area contributed by atoms with Crippen LogP contribution in [0.25, 0.3) is 0 Å². The van der Waals surface area contributed by atoms with E-state index in [1.807, 2.05) is 11.9 Å². The summed E-state index contributed by atoms with van der Waals surface area (Å²) in [5.41, 5.74) is 3.02. The van der Waals surface area contributed by atoms with Gasteiger partial charge in [-0.3, -0.25) is 9.89 Å². The zero-order valence-electron chi connectivity index (χ0n) is 11.9. The molecule has 0 aromatic carbocycles. The van der Waals surface area contributed by atoms with E-state index in [1.54, 1.807) is 0 Å². The van der Waals surface area contributed by atoms with Crippen molar-refractivity contribution >= 4 is 18.3 Å². The maximum Gasteiger partial charge on any atom is 0.274 e. The van der Waals surface area contributed by atoms with E-state index in [1.165, 1.54) is 17.7 Å². The Morgan fingerprint density at radius 1 is 1.45 bits per heavy atom. The summed E-state index contributed by atoms with van der Waals surface area (Å²) < 4.78 is 0. The van der Waals surface area contributed by atoms with E-state index in [9.17, 15) is 4.79 Å². The predicted octanol–water partition coefficient (Wildman–Crippen LogP) is 1.39. The molecule has 20 heavy (non-hydrogen) atoms. The summed E-state index contributed by atoms with van der Waals surface area (Å²) in [6, 6.07) is 0. The van der Waals surface area contributed by atoms with Gasteiger partial charge >= 0.3 is 0 Å². The number of aromatic amines is 1. The first-order chi connectivity index (χ1) is 9.29. The van der Waals surface area contributed by atoms with Gasteiger partial charge in [0.1, 0.15) is 0 Å². The predicted molar refractivity (Wildman–Crippen MR) is 80.4 cm³/mol. The van der Waals surface area contributed by atoms with Crippen molar-refractivity contribution in [1.29, 1.82) is 0 Å². The zero-order chi connectivity index (χ0) is 13.2. The first kappa shape index (κ1) is 15.3. The smallest absolute Gasteiger partial charge is 0.274 e. The zero-order valence-corrected chi connectivity index (χ0v) is 12.8. The number of carbonyl (C=O) groups is 1. The fourth-order valence-electron chi connectivity index (χ4n) is 3.35. The average Bonchev–Trinajstić information content (AvgIpc) is 3.01. The quantitative estimate of drug-likeness (QED) is 0.886. The summed E-state index contributed by atoms with van der Waals surface area (Å²) >= 11 is 0. The first-order valence-electron chi connectivity index (χ1n) is 7.29. The highest BCUT2D eigenvalue weighted by atomic mass is 35.5. The molecule has 1 fully saturated rings. The Labute approximate surface area is 125 Å². The highest BCUT2D eigenvalue weighted by Crippen LogP contribution is 2.25. The number of halogens is 1. The van der Waals surface area contributed by atoms with E-state index in [2.05, 4.69) is 15.5 Å². The number of nitrogens with zero attached hydrogens (tertiary/aromatic N) is 2. The van der Waals surface area contributed by atoms with E-state index in [-0.39, 0.29) is 18.3 Å². The number of carbonyl (C=O) groups excluding carboxylic acids is 1. The van der Waals surface area contributed by atoms with Gasteiger partial charge in [0.15, 0.2) is 5.69 Å². The van der Waals surface area contributed by atoms with Crippen molar-refractivity contribution in [1.82, 2.24) is 20.4 Å². The van der Waals surface area contributed by atoms with Crippen LogP contribution in [0.1, 0.15) is 41.0 Å². The largest absolute Gasteiger partial charge is 0.337 e. The second-order valence-corrected chi connectivity index (χ2v) is 5.70. The van der Waals surface area contributed by atoms with Crippen LogP contribution in [0.3, 0.4) is 0 Å². The molecule has 3 rings (SSSR count). The van der Waals surface area contributed by atoms with Crippen LogP contribution in [-0.4, -0.2) is 47.7 Å². The van der Waals surface area contributed by atoms with Crippen molar-refractivity contribution in [2.45, 2.75) is 32.1 Å². The van der Waals surface area contributed by atoms with Crippen LogP contribution in [0.4, 0.5) is 0 Å². The number of aromatic nitrogens is 2. The van der Waals surface area contributed by atoms with Gasteiger partial charge in [-0.05, 0) is 51.6 Å². The van der Waals surface area contributed by atoms with E-state index in [0.29, 0.717) is 11.6 Å². The van der Waals surface area contributed by atoms with Crippen molar-refractivity contribution < 1.29 is 4.79 Å². The van der Waals surface area contributed by atoms with Crippen LogP contribution in [0.15, 0.2) is 0 Å². The molecule has 1 saturated heterocycles. The molecule has 0 radical (unpaired) electrons. The lowest BCUT2D eigenvalue weighted by Crippen LogP contribution is -2.42. The molecule has 1 amide bonds. The Morgan fingerprint density at radius 2 is 2.30 bits per heavy atom. The lowest BCUT2D eigenvalue weighted by atomic mass is 9.97. The summed E-state index contributed by atoms with van der Waals surface area (Å²) in [5, 5.41) is 10.5. The van der Waals surface area contributed by atoms with Gasteiger partial charge in [0.05, 0.1) is 0 Å². The molecule has 2 heterocycles. The number of amides is 1. The second kappa shape index (κ2) is 6.59. The molecule has 0 bridgehead atoms. The summed E-state index contributed by atoms with van der Waals surface area (Å²) in [6.45, 7) is 2.73. The van der Waals surface area contributed by atoms with Crippen LogP contribution in [0.5, 0.6) is 0 Å². The summed E-state index contributed by atoms with van der Waals surface area (Å²) in [7, 11) is 1.97. The molecule has 1 aromatic heterocycles. The van der Waals surface area contributed by atoms with Gasteiger partial charge in [0.2, 0.25) is 0 Å². The van der Waals surface area contributed by atoms with E-state index in [4.69, 9.17) is 0 Å². The number of nitrogens with one attached hydrogen (secondary N) is 2. The number of H-pyrrole nitrogens is 1. The van der Waals surface area contributed by atoms with Crippen LogP contribution < -0.4 is 5.32 Å². The molecule has 2 aliphatic rings. The van der Waals surface area contributed by atoms with Gasteiger partial charge in [-0.25, -0.2) is 0 Å². The van der Waals surface area contributed by atoms with Crippen LogP contribution in [0.2, 0.25) is 0 Å². The Balaban J connectivity index is 0.00000147. The van der Waals surface area contributed by atoms with E-state index >= 15 is 0 Å². The maximum absolute atomic E-state index is 12.6. The van der Waals surface area contributed by atoms with Gasteiger partial charge in [0.25, 0.3) is 5.91 Å². The Kier molecular flexibility index (Phi) is 5.05. The second-order valence-electron chi connectivity index (χ2n) is 5.70. The number of piperidine rings is 1. The minimum absolute atomic E-state index is 0. The molecule has 2 N–H and O–H groups in total. The standard InChI is InChI=1S/C14H22N4O.ClH/c1-15-8-10-4-3-7-18(9-10)14(19)13-11-5-2-6-12(11)16-17-13;/h10,15H,2-9H2,1H3,(H,16,17);1H. The lowest BCUT2D eigenvalue weighted by Gasteiger charge is -2.32. The molecule has 1 aliphatic heterocycles. The van der Waals surface area contributed by atoms with Crippen molar-refractivity contribution in [3.8, 4) is 0 Å². The lowest BCUT2D eigenvalue weighted by molar-refractivity contribution is 0.0667. The number of aryl methyl sites for hydroxylation is 1. The molecular weight excluding hydrogens is 276 g/mol. The number of rotatable bonds is 3. The number of hydrogen-bond donors (Lipinski definition) is 2. The summed E-state index contributed by atoms with van der Waals surface area (Å²) in [6.07, 6.45) is 5.50. The molecule has 112 valence electrons. The van der Waals surface area contributed by atoms with E-state index in [0.717, 1.165) is 45.3 Å². The third-order valence-corrected chi connectivity index (χ3v) is 4.31. The molecule has 0 saturated carbocycles. The molecule has 0 spiro atoms. The van der Waals surface area contributed by atoms with E-state index < -0.39 is 0 Å². The molecule has 1 atom stereocenters.